The number of ether oxygens (including phenoxy) is 2. The maximum absolute atomic E-state index is 12.2. The van der Waals surface area contributed by atoms with Crippen molar-refractivity contribution in [1.29, 1.82) is 0 Å². The molecule has 1 fully saturated rings. The fourth-order valence-electron chi connectivity index (χ4n) is 2.40. The molecule has 3 rings (SSSR count). The number of halogens is 2. The lowest BCUT2D eigenvalue weighted by Crippen LogP contribution is -2.20. The molecule has 0 radical (unpaired) electrons. The molecule has 6 nitrogen and oxygen atoms in total. The molecule has 0 bridgehead atoms. The van der Waals surface area contributed by atoms with Crippen molar-refractivity contribution in [3.63, 3.8) is 0 Å². The summed E-state index contributed by atoms with van der Waals surface area (Å²) in [7, 11) is 3.08. The van der Waals surface area contributed by atoms with E-state index >= 15 is 0 Å². The van der Waals surface area contributed by atoms with Crippen molar-refractivity contribution < 1.29 is 19.1 Å². The van der Waals surface area contributed by atoms with Gasteiger partial charge in [0.05, 0.1) is 23.6 Å². The minimum Gasteiger partial charge on any atom is -0.493 e. The number of amidine groups is 1. The molecule has 2 aromatic rings. The molecule has 2 aromatic carbocycles. The van der Waals surface area contributed by atoms with E-state index in [1.54, 1.807) is 49.6 Å². The summed E-state index contributed by atoms with van der Waals surface area (Å²) in [5, 5.41) is 3.34. The number of hydrogen-bond acceptors (Lipinski definition) is 5. The van der Waals surface area contributed by atoms with Gasteiger partial charge in [0, 0.05) is 10.6 Å². The monoisotopic (exact) mass is 480 g/mol. The molecule has 28 heavy (non-hydrogen) atoms. The van der Waals surface area contributed by atoms with Gasteiger partial charge in [-0.25, -0.2) is 0 Å². The van der Waals surface area contributed by atoms with E-state index in [1.807, 2.05) is 0 Å². The number of nitrogens with zero attached hydrogens (tertiary/aromatic N) is 1. The van der Waals surface area contributed by atoms with Crippen molar-refractivity contribution >= 4 is 62.4 Å². The highest BCUT2D eigenvalue weighted by atomic mass is 79.9. The van der Waals surface area contributed by atoms with Gasteiger partial charge in [-0.3, -0.25) is 9.59 Å². The minimum absolute atomic E-state index is 0.218. The van der Waals surface area contributed by atoms with Gasteiger partial charge in [0.25, 0.3) is 11.8 Å². The first kappa shape index (κ1) is 20.4. The molecule has 0 spiro atoms. The molecule has 1 N–H and O–H groups in total. The van der Waals surface area contributed by atoms with Crippen LogP contribution < -0.4 is 14.8 Å². The predicted molar refractivity (Wildman–Crippen MR) is 114 cm³/mol. The lowest BCUT2D eigenvalue weighted by atomic mass is 10.2. The fourth-order valence-corrected chi connectivity index (χ4v) is 3.97. The van der Waals surface area contributed by atoms with Crippen molar-refractivity contribution in [2.24, 2.45) is 4.99 Å². The quantitative estimate of drug-likeness (QED) is 0.650. The third-order valence-electron chi connectivity index (χ3n) is 3.70. The number of carbonyl (C=O) groups is 2. The number of aliphatic imine (C=N–C) groups is 1. The summed E-state index contributed by atoms with van der Waals surface area (Å²) >= 11 is 10.3. The average Bonchev–Trinajstić information content (AvgIpc) is 3.00. The van der Waals surface area contributed by atoms with E-state index in [0.717, 1.165) is 17.3 Å². The fraction of sp³-hybridized carbons (Fsp3) is 0.105. The van der Waals surface area contributed by atoms with Crippen LogP contribution in [0.25, 0.3) is 6.08 Å². The van der Waals surface area contributed by atoms with E-state index < -0.39 is 5.91 Å². The van der Waals surface area contributed by atoms with Crippen molar-refractivity contribution in [3.05, 3.63) is 61.9 Å². The van der Waals surface area contributed by atoms with Gasteiger partial charge in [-0.2, -0.15) is 4.99 Å². The lowest BCUT2D eigenvalue weighted by molar-refractivity contribution is -0.115. The SMILES string of the molecule is COc1cc(/C=C2\SC(=NC(=O)c3ccc(Cl)cc3)NC2=O)cc(Br)c1OC. The van der Waals surface area contributed by atoms with E-state index in [0.29, 0.717) is 31.5 Å². The molecule has 0 atom stereocenters. The summed E-state index contributed by atoms with van der Waals surface area (Å²) in [6.07, 6.45) is 1.68. The van der Waals surface area contributed by atoms with Crippen LogP contribution >= 0.6 is 39.3 Å². The third kappa shape index (κ3) is 4.57. The number of benzene rings is 2. The van der Waals surface area contributed by atoms with Gasteiger partial charge in [-0.05, 0) is 75.7 Å². The minimum atomic E-state index is -0.463. The van der Waals surface area contributed by atoms with Gasteiger partial charge in [-0.1, -0.05) is 11.6 Å². The van der Waals surface area contributed by atoms with Crippen LogP contribution in [0.4, 0.5) is 0 Å². The van der Waals surface area contributed by atoms with Gasteiger partial charge < -0.3 is 14.8 Å². The molecule has 1 heterocycles. The Balaban J connectivity index is 1.83. The molecule has 2 amide bonds. The van der Waals surface area contributed by atoms with Gasteiger partial charge >= 0.3 is 0 Å². The maximum Gasteiger partial charge on any atom is 0.279 e. The second-order valence-corrected chi connectivity index (χ2v) is 7.85. The van der Waals surface area contributed by atoms with Gasteiger partial charge in [0.15, 0.2) is 16.7 Å². The molecule has 0 aliphatic carbocycles. The van der Waals surface area contributed by atoms with Gasteiger partial charge in [0.1, 0.15) is 0 Å². The summed E-state index contributed by atoms with van der Waals surface area (Å²) < 4.78 is 11.3. The Morgan fingerprint density at radius 3 is 2.57 bits per heavy atom. The Labute approximate surface area is 179 Å². The Hall–Kier alpha value is -2.29. The zero-order valence-electron chi connectivity index (χ0n) is 14.8. The molecule has 0 unspecified atom stereocenters. The topological polar surface area (TPSA) is 77.0 Å². The molecule has 144 valence electrons. The normalized spacial score (nSPS) is 16.4. The van der Waals surface area contributed by atoms with Crippen LogP contribution in [0.15, 0.2) is 50.8 Å². The highest BCUT2D eigenvalue weighted by molar-refractivity contribution is 9.10. The van der Waals surface area contributed by atoms with Crippen LogP contribution in [0.2, 0.25) is 5.02 Å². The van der Waals surface area contributed by atoms with Crippen molar-refractivity contribution in [2.75, 3.05) is 14.2 Å². The number of methoxy groups -OCH3 is 2. The van der Waals surface area contributed by atoms with Crippen molar-refractivity contribution in [2.45, 2.75) is 0 Å². The molecule has 1 saturated heterocycles. The third-order valence-corrected chi connectivity index (χ3v) is 5.45. The number of hydrogen-bond donors (Lipinski definition) is 1. The summed E-state index contributed by atoms with van der Waals surface area (Å²) in [5.74, 6) is 0.288. The molecular formula is C19H14BrClN2O4S. The molecular weight excluding hydrogens is 468 g/mol. The zero-order valence-corrected chi connectivity index (χ0v) is 17.9. The van der Waals surface area contributed by atoms with E-state index in [1.165, 1.54) is 7.11 Å². The smallest absolute Gasteiger partial charge is 0.279 e. The zero-order chi connectivity index (χ0) is 20.3. The Kier molecular flexibility index (Phi) is 6.43. The van der Waals surface area contributed by atoms with Crippen LogP contribution in [-0.4, -0.2) is 31.2 Å². The average molecular weight is 482 g/mol. The van der Waals surface area contributed by atoms with Gasteiger partial charge in [-0.15, -0.1) is 0 Å². The van der Waals surface area contributed by atoms with E-state index in [4.69, 9.17) is 21.1 Å². The summed E-state index contributed by atoms with van der Waals surface area (Å²) in [4.78, 5) is 28.8. The first-order valence-corrected chi connectivity index (χ1v) is 9.91. The number of carbonyl (C=O) groups excluding carboxylic acids is 2. The summed E-state index contributed by atoms with van der Waals surface area (Å²) in [6, 6.07) is 9.92. The van der Waals surface area contributed by atoms with Gasteiger partial charge in [0.2, 0.25) is 0 Å². The molecule has 9 heteroatoms. The molecule has 1 aliphatic heterocycles. The number of amides is 2. The Morgan fingerprint density at radius 2 is 1.93 bits per heavy atom. The highest BCUT2D eigenvalue weighted by Crippen LogP contribution is 2.37. The van der Waals surface area contributed by atoms with E-state index in [9.17, 15) is 9.59 Å². The standard InChI is InChI=1S/C19H14BrClN2O4S/c1-26-14-8-10(7-13(20)16(14)27-2)9-15-18(25)23-19(28-15)22-17(24)11-3-5-12(21)6-4-11/h3-9H,1-2H3,(H,22,23,24,25)/b15-9-. The van der Waals surface area contributed by atoms with Crippen LogP contribution in [0.1, 0.15) is 15.9 Å². The van der Waals surface area contributed by atoms with Crippen molar-refractivity contribution in [3.8, 4) is 11.5 Å². The van der Waals surface area contributed by atoms with Crippen molar-refractivity contribution in [1.82, 2.24) is 5.32 Å². The number of nitrogens with one attached hydrogen (secondary N) is 1. The molecule has 0 aromatic heterocycles. The summed E-state index contributed by atoms with van der Waals surface area (Å²) in [6.45, 7) is 0. The Morgan fingerprint density at radius 1 is 1.21 bits per heavy atom. The number of thioether (sulfide) groups is 1. The Bertz CT molecular complexity index is 1010. The van der Waals surface area contributed by atoms with Crippen LogP contribution in [-0.2, 0) is 4.79 Å². The maximum atomic E-state index is 12.2. The lowest BCUT2D eigenvalue weighted by Gasteiger charge is -2.10. The first-order chi connectivity index (χ1) is 13.4. The second kappa shape index (κ2) is 8.81. The second-order valence-electron chi connectivity index (χ2n) is 5.53. The van der Waals surface area contributed by atoms with Crippen LogP contribution in [0.5, 0.6) is 11.5 Å². The van der Waals surface area contributed by atoms with Crippen LogP contribution in [0.3, 0.4) is 0 Å². The first-order valence-electron chi connectivity index (χ1n) is 7.92. The molecule has 0 saturated carbocycles. The summed E-state index contributed by atoms with van der Waals surface area (Å²) in [5.41, 5.74) is 1.11. The van der Waals surface area contributed by atoms with E-state index in [2.05, 4.69) is 26.2 Å². The largest absolute Gasteiger partial charge is 0.493 e. The van der Waals surface area contributed by atoms with Crippen LogP contribution in [0, 0.1) is 0 Å². The van der Waals surface area contributed by atoms with E-state index in [-0.39, 0.29) is 11.1 Å². The predicted octanol–water partition coefficient (Wildman–Crippen LogP) is 4.52. The molecule has 1 aliphatic rings. The highest BCUT2D eigenvalue weighted by Gasteiger charge is 2.25. The number of rotatable bonds is 4.